The lowest BCUT2D eigenvalue weighted by molar-refractivity contribution is -0.139. The zero-order valence-corrected chi connectivity index (χ0v) is 22.8. The van der Waals surface area contributed by atoms with Crippen molar-refractivity contribution in [2.24, 2.45) is 5.41 Å². The molecule has 1 aliphatic heterocycles. The van der Waals surface area contributed by atoms with Crippen LogP contribution in [0.4, 0.5) is 10.2 Å². The van der Waals surface area contributed by atoms with Gasteiger partial charge < -0.3 is 9.80 Å². The number of carbonyl (C=O) groups is 1. The van der Waals surface area contributed by atoms with Gasteiger partial charge in [0.05, 0.1) is 16.8 Å². The zero-order chi connectivity index (χ0) is 27.0. The number of carbonyl (C=O) groups excluding carboxylic acids is 1. The first-order valence-electron chi connectivity index (χ1n) is 13.2. The quantitative estimate of drug-likeness (QED) is 0.372. The van der Waals surface area contributed by atoms with E-state index in [-0.39, 0.29) is 11.7 Å². The molecule has 7 nitrogen and oxygen atoms in total. The summed E-state index contributed by atoms with van der Waals surface area (Å²) in [6, 6.07) is 14.7. The molecule has 0 spiro atoms. The van der Waals surface area contributed by atoms with Crippen molar-refractivity contribution in [1.82, 2.24) is 24.6 Å². The molecule has 2 aromatic heterocycles. The zero-order valence-electron chi connectivity index (χ0n) is 22.8. The summed E-state index contributed by atoms with van der Waals surface area (Å²) >= 11 is 0. The Balaban J connectivity index is 1.58. The lowest BCUT2D eigenvalue weighted by atomic mass is 9.94. The highest BCUT2D eigenvalue weighted by molar-refractivity contribution is 5.91. The van der Waals surface area contributed by atoms with Crippen LogP contribution in [0.3, 0.4) is 0 Å². The summed E-state index contributed by atoms with van der Waals surface area (Å²) in [4.78, 5) is 27.3. The van der Waals surface area contributed by atoms with Crippen LogP contribution in [0.5, 0.6) is 0 Å². The van der Waals surface area contributed by atoms with Crippen molar-refractivity contribution in [3.05, 3.63) is 77.0 Å². The molecule has 0 aliphatic carbocycles. The van der Waals surface area contributed by atoms with Crippen LogP contribution in [0.25, 0.3) is 16.7 Å². The fourth-order valence-corrected chi connectivity index (χ4v) is 4.97. The molecule has 1 fully saturated rings. The summed E-state index contributed by atoms with van der Waals surface area (Å²) in [7, 11) is 0. The highest BCUT2D eigenvalue weighted by Gasteiger charge is 2.30. The van der Waals surface area contributed by atoms with Gasteiger partial charge in [-0.2, -0.15) is 5.10 Å². The normalized spacial score (nSPS) is 14.7. The molecule has 0 saturated carbocycles. The number of aryl methyl sites for hydroxylation is 2. The van der Waals surface area contributed by atoms with Crippen molar-refractivity contribution in [2.45, 2.75) is 47.5 Å². The van der Waals surface area contributed by atoms with Crippen LogP contribution in [0.1, 0.15) is 49.8 Å². The second-order valence-corrected chi connectivity index (χ2v) is 11.2. The molecule has 0 atom stereocenters. The minimum absolute atomic E-state index is 0.174. The van der Waals surface area contributed by atoms with E-state index in [2.05, 4.69) is 36.1 Å². The fourth-order valence-electron chi connectivity index (χ4n) is 4.97. The molecule has 4 aromatic rings. The van der Waals surface area contributed by atoms with E-state index in [1.54, 1.807) is 16.8 Å². The van der Waals surface area contributed by atoms with Gasteiger partial charge in [0, 0.05) is 38.0 Å². The predicted octanol–water partition coefficient (Wildman–Crippen LogP) is 5.25. The summed E-state index contributed by atoms with van der Waals surface area (Å²) < 4.78 is 15.5. The molecule has 1 amide bonds. The van der Waals surface area contributed by atoms with Gasteiger partial charge in [-0.15, -0.1) is 0 Å². The molecule has 1 saturated heterocycles. The number of anilines is 1. The Morgan fingerprint density at radius 2 is 1.63 bits per heavy atom. The topological polar surface area (TPSA) is 67.2 Å². The van der Waals surface area contributed by atoms with Crippen molar-refractivity contribution >= 4 is 22.8 Å². The molecule has 0 radical (unpaired) electrons. The first-order valence-corrected chi connectivity index (χ1v) is 13.2. The SMILES string of the molecule is Cc1ccc(Cc2nc(N3CCCN(C(=O)C(C)(C)C)CC3)c3c(C)nn(-c4ccc(F)cc4)c3n2)cc1. The third-order valence-corrected chi connectivity index (χ3v) is 7.01. The Labute approximate surface area is 223 Å². The Morgan fingerprint density at radius 3 is 2.32 bits per heavy atom. The maximum absolute atomic E-state index is 13.7. The van der Waals surface area contributed by atoms with Crippen LogP contribution in [-0.4, -0.2) is 56.7 Å². The maximum Gasteiger partial charge on any atom is 0.228 e. The van der Waals surface area contributed by atoms with Crippen LogP contribution >= 0.6 is 0 Å². The van der Waals surface area contributed by atoms with Gasteiger partial charge in [-0.05, 0) is 50.1 Å². The molecule has 5 rings (SSSR count). The fraction of sp³-hybridized carbons (Fsp3) is 0.400. The Morgan fingerprint density at radius 1 is 0.921 bits per heavy atom. The largest absolute Gasteiger partial charge is 0.354 e. The van der Waals surface area contributed by atoms with Crippen LogP contribution in [0.2, 0.25) is 0 Å². The van der Waals surface area contributed by atoms with E-state index in [4.69, 9.17) is 15.1 Å². The lowest BCUT2D eigenvalue weighted by Gasteiger charge is -2.28. The lowest BCUT2D eigenvalue weighted by Crippen LogP contribution is -2.41. The number of hydrogen-bond acceptors (Lipinski definition) is 5. The maximum atomic E-state index is 13.7. The molecule has 1 aliphatic rings. The summed E-state index contributed by atoms with van der Waals surface area (Å²) in [5.74, 6) is 1.42. The highest BCUT2D eigenvalue weighted by Crippen LogP contribution is 2.31. The number of hydrogen-bond donors (Lipinski definition) is 0. The second-order valence-electron chi connectivity index (χ2n) is 11.2. The Kier molecular flexibility index (Phi) is 6.90. The van der Waals surface area contributed by atoms with Gasteiger partial charge >= 0.3 is 0 Å². The number of amides is 1. The van der Waals surface area contributed by atoms with Gasteiger partial charge in [0.2, 0.25) is 5.91 Å². The molecule has 8 heteroatoms. The summed E-state index contributed by atoms with van der Waals surface area (Å²) in [5.41, 5.74) is 4.18. The van der Waals surface area contributed by atoms with E-state index in [9.17, 15) is 9.18 Å². The molecule has 0 unspecified atom stereocenters. The third kappa shape index (κ3) is 5.26. The highest BCUT2D eigenvalue weighted by atomic mass is 19.1. The van der Waals surface area contributed by atoms with E-state index in [0.717, 1.165) is 47.7 Å². The van der Waals surface area contributed by atoms with Gasteiger partial charge in [0.1, 0.15) is 17.5 Å². The molecule has 3 heterocycles. The number of fused-ring (bicyclic) bond motifs is 1. The number of aromatic nitrogens is 4. The van der Waals surface area contributed by atoms with Gasteiger partial charge in [0.25, 0.3) is 0 Å². The predicted molar refractivity (Wildman–Crippen MR) is 148 cm³/mol. The van der Waals surface area contributed by atoms with Gasteiger partial charge in [-0.1, -0.05) is 50.6 Å². The summed E-state index contributed by atoms with van der Waals surface area (Å²) in [6.45, 7) is 12.8. The van der Waals surface area contributed by atoms with Gasteiger partial charge in [0.15, 0.2) is 5.65 Å². The first kappa shape index (κ1) is 25.8. The molecule has 38 heavy (non-hydrogen) atoms. The van der Waals surface area contributed by atoms with Crippen molar-refractivity contribution in [3.8, 4) is 5.69 Å². The Bertz CT molecular complexity index is 1450. The van der Waals surface area contributed by atoms with Crippen molar-refractivity contribution < 1.29 is 9.18 Å². The van der Waals surface area contributed by atoms with Gasteiger partial charge in [-0.3, -0.25) is 4.79 Å². The van der Waals surface area contributed by atoms with Crippen molar-refractivity contribution in [3.63, 3.8) is 0 Å². The molecule has 198 valence electrons. The molecule has 2 aromatic carbocycles. The molecular formula is C30H35FN6O. The van der Waals surface area contributed by atoms with E-state index in [1.807, 2.05) is 32.6 Å². The van der Waals surface area contributed by atoms with Crippen LogP contribution in [0, 0.1) is 25.1 Å². The second kappa shape index (κ2) is 10.2. The molecule has 0 N–H and O–H groups in total. The van der Waals surface area contributed by atoms with E-state index in [0.29, 0.717) is 31.0 Å². The number of benzene rings is 2. The van der Waals surface area contributed by atoms with Crippen LogP contribution in [-0.2, 0) is 11.2 Å². The summed E-state index contributed by atoms with van der Waals surface area (Å²) in [6.07, 6.45) is 1.44. The first-order chi connectivity index (χ1) is 18.1. The standard InChI is InChI=1S/C30H35FN6O/c1-20-7-9-22(10-8-20)19-25-32-27(35-15-6-16-36(18-17-35)29(38)30(3,4)5)26-21(2)34-37(28(26)33-25)24-13-11-23(31)12-14-24/h7-14H,6,15-19H2,1-5H3. The minimum Gasteiger partial charge on any atom is -0.354 e. The van der Waals surface area contributed by atoms with E-state index >= 15 is 0 Å². The van der Waals surface area contributed by atoms with E-state index in [1.165, 1.54) is 17.7 Å². The molecular weight excluding hydrogens is 479 g/mol. The summed E-state index contributed by atoms with van der Waals surface area (Å²) in [5, 5.41) is 5.69. The number of rotatable bonds is 4. The average molecular weight is 515 g/mol. The Hall–Kier alpha value is -3.81. The third-order valence-electron chi connectivity index (χ3n) is 7.01. The number of halogens is 1. The van der Waals surface area contributed by atoms with Crippen LogP contribution in [0.15, 0.2) is 48.5 Å². The van der Waals surface area contributed by atoms with Crippen molar-refractivity contribution in [1.29, 1.82) is 0 Å². The smallest absolute Gasteiger partial charge is 0.228 e. The minimum atomic E-state index is -0.411. The van der Waals surface area contributed by atoms with Crippen LogP contribution < -0.4 is 4.90 Å². The number of nitrogens with zero attached hydrogens (tertiary/aromatic N) is 6. The monoisotopic (exact) mass is 514 g/mol. The van der Waals surface area contributed by atoms with Crippen molar-refractivity contribution in [2.75, 3.05) is 31.1 Å². The van der Waals surface area contributed by atoms with E-state index < -0.39 is 5.41 Å². The van der Waals surface area contributed by atoms with Gasteiger partial charge in [-0.25, -0.2) is 19.0 Å². The average Bonchev–Trinajstić information content (AvgIpc) is 3.04. The molecule has 0 bridgehead atoms.